The van der Waals surface area contributed by atoms with E-state index in [1.54, 1.807) is 30.3 Å². The van der Waals surface area contributed by atoms with Gasteiger partial charge in [0.05, 0.1) is 34.2 Å². The molecule has 1 aliphatic carbocycles. The van der Waals surface area contributed by atoms with Crippen LogP contribution in [-0.4, -0.2) is 28.3 Å². The minimum Gasteiger partial charge on any atom is -0.341 e. The summed E-state index contributed by atoms with van der Waals surface area (Å²) in [5, 5.41) is 0. The summed E-state index contributed by atoms with van der Waals surface area (Å²) in [6.45, 7) is 1.64. The van der Waals surface area contributed by atoms with E-state index in [1.807, 2.05) is 42.6 Å². The Morgan fingerprint density at radius 1 is 0.872 bits per heavy atom. The van der Waals surface area contributed by atoms with Gasteiger partial charge in [0.15, 0.2) is 0 Å². The molecular formula is C31H31N5O2S. The van der Waals surface area contributed by atoms with Crippen LogP contribution < -0.4 is 4.72 Å². The van der Waals surface area contributed by atoms with E-state index in [-0.39, 0.29) is 17.5 Å². The molecule has 5 aromatic rings. The van der Waals surface area contributed by atoms with Gasteiger partial charge in [0.1, 0.15) is 5.82 Å². The Morgan fingerprint density at radius 3 is 2.46 bits per heavy atom. The molecule has 1 unspecified atom stereocenters. The van der Waals surface area contributed by atoms with Gasteiger partial charge >= 0.3 is 0 Å². The number of aromatic nitrogens is 3. The lowest BCUT2D eigenvalue weighted by Gasteiger charge is -2.34. The highest BCUT2D eigenvalue weighted by Crippen LogP contribution is 2.34. The number of sulfonamides is 1. The number of aromatic amines is 1. The Morgan fingerprint density at radius 2 is 1.64 bits per heavy atom. The van der Waals surface area contributed by atoms with Crippen molar-refractivity contribution in [1.29, 1.82) is 0 Å². The predicted octanol–water partition coefficient (Wildman–Crippen LogP) is 5.52. The molecule has 2 heterocycles. The summed E-state index contributed by atoms with van der Waals surface area (Å²) in [5.41, 5.74) is 6.56. The standard InChI is InChI=1S/C31H31N5O2S/c37-39(38,26-10-2-1-3-11-26)33-20-23-15-17-24(18-16-23)21-36(22-30-34-27-12-4-5-13-28(27)35-30)29-14-6-8-25-9-7-19-32-31(25)29/h1-5,7,9-13,15-19,29,33H,6,8,14,20-22H2,(H,34,35). The van der Waals surface area contributed by atoms with E-state index in [0.717, 1.165) is 59.5 Å². The lowest BCUT2D eigenvalue weighted by atomic mass is 9.90. The highest BCUT2D eigenvalue weighted by atomic mass is 32.2. The molecule has 2 N–H and O–H groups in total. The Hall–Kier alpha value is -3.85. The average molecular weight is 538 g/mol. The van der Waals surface area contributed by atoms with Crippen molar-refractivity contribution in [2.75, 3.05) is 0 Å². The zero-order valence-electron chi connectivity index (χ0n) is 21.6. The van der Waals surface area contributed by atoms with Gasteiger partial charge in [0, 0.05) is 19.3 Å². The number of para-hydroxylation sites is 2. The van der Waals surface area contributed by atoms with Crippen molar-refractivity contribution < 1.29 is 8.42 Å². The number of pyridine rings is 1. The molecule has 0 fully saturated rings. The Bertz CT molecular complexity index is 1630. The number of H-pyrrole nitrogens is 1. The normalized spacial score (nSPS) is 15.5. The van der Waals surface area contributed by atoms with Crippen molar-refractivity contribution in [3.63, 3.8) is 0 Å². The molecule has 0 aliphatic heterocycles. The summed E-state index contributed by atoms with van der Waals surface area (Å²) in [6, 6.07) is 29.1. The number of nitrogens with zero attached hydrogens (tertiary/aromatic N) is 3. The second-order valence-corrected chi connectivity index (χ2v) is 11.8. The minimum absolute atomic E-state index is 0.195. The smallest absolute Gasteiger partial charge is 0.240 e. The number of nitrogens with one attached hydrogen (secondary N) is 2. The third-order valence-electron chi connectivity index (χ3n) is 7.33. The first-order valence-corrected chi connectivity index (χ1v) is 14.8. The monoisotopic (exact) mass is 537 g/mol. The number of fused-ring (bicyclic) bond motifs is 2. The maximum atomic E-state index is 12.6. The first-order valence-electron chi connectivity index (χ1n) is 13.3. The summed E-state index contributed by atoms with van der Waals surface area (Å²) in [5.74, 6) is 0.936. The SMILES string of the molecule is O=S(=O)(NCc1ccc(CN(Cc2nc3ccccc3[nH]2)C2CCCc3cccnc32)cc1)c1ccccc1. The molecule has 1 atom stereocenters. The molecule has 8 heteroatoms. The van der Waals surface area contributed by atoms with Crippen LogP contribution in [0.1, 0.15) is 47.1 Å². The number of rotatable bonds is 9. The van der Waals surface area contributed by atoms with Gasteiger partial charge in [0.2, 0.25) is 10.0 Å². The van der Waals surface area contributed by atoms with Gasteiger partial charge in [-0.15, -0.1) is 0 Å². The van der Waals surface area contributed by atoms with E-state index in [2.05, 4.69) is 38.9 Å². The van der Waals surface area contributed by atoms with Crippen LogP contribution in [0.25, 0.3) is 11.0 Å². The van der Waals surface area contributed by atoms with Crippen LogP contribution in [0.3, 0.4) is 0 Å². The lowest BCUT2D eigenvalue weighted by Crippen LogP contribution is -2.31. The van der Waals surface area contributed by atoms with Crippen LogP contribution in [0.2, 0.25) is 0 Å². The molecule has 39 heavy (non-hydrogen) atoms. The third-order valence-corrected chi connectivity index (χ3v) is 8.74. The van der Waals surface area contributed by atoms with Crippen molar-refractivity contribution in [2.24, 2.45) is 0 Å². The van der Waals surface area contributed by atoms with Crippen molar-refractivity contribution in [3.05, 3.63) is 125 Å². The molecule has 0 amide bonds. The van der Waals surface area contributed by atoms with E-state index in [1.165, 1.54) is 5.56 Å². The topological polar surface area (TPSA) is 91.0 Å². The highest BCUT2D eigenvalue weighted by Gasteiger charge is 2.28. The van der Waals surface area contributed by atoms with Gasteiger partial charge in [0.25, 0.3) is 0 Å². The van der Waals surface area contributed by atoms with Crippen LogP contribution in [0.5, 0.6) is 0 Å². The second kappa shape index (κ2) is 11.1. The van der Waals surface area contributed by atoms with Crippen molar-refractivity contribution in [1.82, 2.24) is 24.6 Å². The van der Waals surface area contributed by atoms with E-state index in [0.29, 0.717) is 6.54 Å². The van der Waals surface area contributed by atoms with Gasteiger partial charge < -0.3 is 4.98 Å². The van der Waals surface area contributed by atoms with Gasteiger partial charge in [-0.2, -0.15) is 0 Å². The maximum absolute atomic E-state index is 12.6. The number of hydrogen-bond donors (Lipinski definition) is 2. The molecule has 0 spiro atoms. The lowest BCUT2D eigenvalue weighted by molar-refractivity contribution is 0.153. The highest BCUT2D eigenvalue weighted by molar-refractivity contribution is 7.89. The van der Waals surface area contributed by atoms with Crippen LogP contribution in [0, 0.1) is 0 Å². The Kier molecular flexibility index (Phi) is 7.24. The van der Waals surface area contributed by atoms with Crippen LogP contribution >= 0.6 is 0 Å². The van der Waals surface area contributed by atoms with Gasteiger partial charge in [-0.3, -0.25) is 9.88 Å². The number of benzene rings is 3. The van der Waals surface area contributed by atoms with E-state index >= 15 is 0 Å². The first-order chi connectivity index (χ1) is 19.0. The molecule has 2 aromatic heterocycles. The summed E-state index contributed by atoms with van der Waals surface area (Å²) in [6.07, 6.45) is 5.12. The zero-order valence-corrected chi connectivity index (χ0v) is 22.4. The second-order valence-electron chi connectivity index (χ2n) is 10.0. The van der Waals surface area contributed by atoms with E-state index < -0.39 is 10.0 Å². The fraction of sp³-hybridized carbons (Fsp3) is 0.226. The van der Waals surface area contributed by atoms with Gasteiger partial charge in [-0.1, -0.05) is 60.7 Å². The quantitative estimate of drug-likeness (QED) is 0.259. The number of imidazole rings is 1. The van der Waals surface area contributed by atoms with Gasteiger partial charge in [-0.25, -0.2) is 18.1 Å². The molecular weight excluding hydrogens is 506 g/mol. The Balaban J connectivity index is 1.21. The molecule has 0 saturated carbocycles. The molecule has 0 bridgehead atoms. The Labute approximate surface area is 229 Å². The van der Waals surface area contributed by atoms with E-state index in [9.17, 15) is 8.42 Å². The van der Waals surface area contributed by atoms with Gasteiger partial charge in [-0.05, 0) is 66.3 Å². The zero-order chi connectivity index (χ0) is 26.7. The average Bonchev–Trinajstić information content (AvgIpc) is 3.39. The molecule has 3 aromatic carbocycles. The number of hydrogen-bond acceptors (Lipinski definition) is 5. The van der Waals surface area contributed by atoms with Crippen molar-refractivity contribution in [3.8, 4) is 0 Å². The molecule has 0 saturated heterocycles. The molecule has 7 nitrogen and oxygen atoms in total. The molecule has 198 valence electrons. The first kappa shape index (κ1) is 25.4. The largest absolute Gasteiger partial charge is 0.341 e. The van der Waals surface area contributed by atoms with Crippen LogP contribution in [-0.2, 0) is 36.1 Å². The fourth-order valence-electron chi connectivity index (χ4n) is 5.35. The fourth-order valence-corrected chi connectivity index (χ4v) is 6.39. The molecule has 6 rings (SSSR count). The summed E-state index contributed by atoms with van der Waals surface area (Å²) in [7, 11) is -3.55. The van der Waals surface area contributed by atoms with Crippen molar-refractivity contribution >= 4 is 21.1 Å². The molecule has 1 aliphatic rings. The van der Waals surface area contributed by atoms with Crippen molar-refractivity contribution in [2.45, 2.75) is 49.8 Å². The predicted molar refractivity (Wildman–Crippen MR) is 152 cm³/mol. The third kappa shape index (κ3) is 5.78. The summed E-state index contributed by atoms with van der Waals surface area (Å²) >= 11 is 0. The van der Waals surface area contributed by atoms with Crippen LogP contribution in [0.15, 0.2) is 102 Å². The van der Waals surface area contributed by atoms with E-state index in [4.69, 9.17) is 9.97 Å². The molecule has 0 radical (unpaired) electrons. The maximum Gasteiger partial charge on any atom is 0.240 e. The minimum atomic E-state index is -3.55. The summed E-state index contributed by atoms with van der Waals surface area (Å²) < 4.78 is 27.9. The van der Waals surface area contributed by atoms with Crippen LogP contribution in [0.4, 0.5) is 0 Å². The number of aryl methyl sites for hydroxylation is 1. The summed E-state index contributed by atoms with van der Waals surface area (Å²) in [4.78, 5) is 15.9.